The molecule has 2 N–H and O–H groups in total. The molecule has 8 nitrogen and oxygen atoms in total. The smallest absolute Gasteiger partial charge is 0.302 e. The van der Waals surface area contributed by atoms with Gasteiger partial charge in [0, 0.05) is 22.9 Å². The number of para-hydroxylation sites is 1. The van der Waals surface area contributed by atoms with E-state index >= 15 is 0 Å². The lowest BCUT2D eigenvalue weighted by Crippen LogP contribution is -2.09. The lowest BCUT2D eigenvalue weighted by molar-refractivity contribution is -0.120. The van der Waals surface area contributed by atoms with E-state index < -0.39 is 18.4 Å². The van der Waals surface area contributed by atoms with E-state index in [9.17, 15) is 19.8 Å². The third-order valence-electron chi connectivity index (χ3n) is 4.44. The third kappa shape index (κ3) is 4.60. The van der Waals surface area contributed by atoms with Crippen LogP contribution in [0.2, 0.25) is 5.02 Å². The Balaban J connectivity index is 1.70. The van der Waals surface area contributed by atoms with E-state index in [0.717, 1.165) is 12.8 Å². The van der Waals surface area contributed by atoms with Crippen molar-refractivity contribution in [1.29, 1.82) is 0 Å². The van der Waals surface area contributed by atoms with Crippen LogP contribution in [0.5, 0.6) is 17.5 Å². The first-order valence-corrected chi connectivity index (χ1v) is 9.70. The largest absolute Gasteiger partial charge is 0.494 e. The number of aromatic hydroxyl groups is 2. The van der Waals surface area contributed by atoms with E-state index in [-0.39, 0.29) is 17.3 Å². The molecule has 0 saturated heterocycles. The third-order valence-corrected chi connectivity index (χ3v) is 4.75. The number of unbranched alkanes of at least 4 members (excludes halogenated alkanes) is 1. The highest BCUT2D eigenvalue weighted by Crippen LogP contribution is 2.37. The number of halogens is 1. The molecule has 0 unspecified atom stereocenters. The van der Waals surface area contributed by atoms with Crippen molar-refractivity contribution in [3.63, 3.8) is 0 Å². The molecule has 0 bridgehead atoms. The number of carbonyl (C=O) groups excluding carboxylic acids is 2. The summed E-state index contributed by atoms with van der Waals surface area (Å²) in [5.74, 6) is -1.39. The Kier molecular flexibility index (Phi) is 6.68. The maximum absolute atomic E-state index is 12.3. The normalized spacial score (nSPS) is 11.3. The van der Waals surface area contributed by atoms with Crippen LogP contribution in [0.4, 0.5) is 0 Å². The van der Waals surface area contributed by atoms with Crippen LogP contribution in [0.1, 0.15) is 30.1 Å². The van der Waals surface area contributed by atoms with Gasteiger partial charge in [-0.3, -0.25) is 14.2 Å². The van der Waals surface area contributed by atoms with Crippen LogP contribution >= 0.6 is 11.6 Å². The summed E-state index contributed by atoms with van der Waals surface area (Å²) in [4.78, 5) is 24.1. The van der Waals surface area contributed by atoms with Gasteiger partial charge in [0.2, 0.25) is 11.8 Å². The van der Waals surface area contributed by atoms with Crippen LogP contribution in [-0.4, -0.2) is 33.2 Å². The average molecular weight is 430 g/mol. The molecule has 0 aliphatic carbocycles. The number of aromatic nitrogens is 1. The molecule has 1 aromatic heterocycles. The standard InChI is InChI=1S/C21H20ClN3O5/c1-2-3-10-25-20(28)14-9-8-13(11-15(14)21(25)29)19(27)24-23-18(26)12-30-17-7-5-4-6-16(17)22/h4-9,11,28-29H,2-3,10,12H2,1H3. The molecule has 0 aliphatic rings. The van der Waals surface area contributed by atoms with Crippen molar-refractivity contribution < 1.29 is 24.5 Å². The Morgan fingerprint density at radius 3 is 2.53 bits per heavy atom. The second kappa shape index (κ2) is 9.41. The van der Waals surface area contributed by atoms with Crippen LogP contribution < -0.4 is 4.74 Å². The summed E-state index contributed by atoms with van der Waals surface area (Å²) in [5.41, 5.74) is 0.119. The fourth-order valence-corrected chi connectivity index (χ4v) is 3.06. The lowest BCUT2D eigenvalue weighted by Gasteiger charge is -2.04. The first-order valence-electron chi connectivity index (χ1n) is 9.32. The predicted molar refractivity (Wildman–Crippen MR) is 111 cm³/mol. The Morgan fingerprint density at radius 2 is 1.80 bits per heavy atom. The monoisotopic (exact) mass is 429 g/mol. The predicted octanol–water partition coefficient (Wildman–Crippen LogP) is 4.70. The van der Waals surface area contributed by atoms with Crippen molar-refractivity contribution in [3.05, 3.63) is 53.1 Å². The number of carbonyl (C=O) groups is 2. The average Bonchev–Trinajstić information content (AvgIpc) is 2.99. The molecule has 0 fully saturated rings. The van der Waals surface area contributed by atoms with Gasteiger partial charge in [0.25, 0.3) is 5.91 Å². The summed E-state index contributed by atoms with van der Waals surface area (Å²) < 4.78 is 6.64. The fourth-order valence-electron chi connectivity index (χ4n) is 2.87. The van der Waals surface area contributed by atoms with E-state index in [4.69, 9.17) is 16.3 Å². The minimum Gasteiger partial charge on any atom is -0.494 e. The molecule has 3 aromatic rings. The molecule has 156 valence electrons. The minimum absolute atomic E-state index is 0.0662. The number of benzene rings is 2. The Labute approximate surface area is 177 Å². The molecule has 0 saturated carbocycles. The van der Waals surface area contributed by atoms with Crippen LogP contribution in [0, 0.1) is 0 Å². The van der Waals surface area contributed by atoms with E-state index in [1.807, 2.05) is 6.92 Å². The van der Waals surface area contributed by atoms with Gasteiger partial charge in [-0.2, -0.15) is 0 Å². The lowest BCUT2D eigenvalue weighted by atomic mass is 10.1. The Bertz CT molecular complexity index is 1120. The topological polar surface area (TPSA) is 113 Å². The highest BCUT2D eigenvalue weighted by Gasteiger charge is 2.17. The first-order chi connectivity index (χ1) is 14.4. The van der Waals surface area contributed by atoms with Crippen molar-refractivity contribution in [3.8, 4) is 17.5 Å². The van der Waals surface area contributed by atoms with Crippen LogP contribution in [-0.2, 0) is 11.3 Å². The van der Waals surface area contributed by atoms with Crippen molar-refractivity contribution in [2.45, 2.75) is 26.3 Å². The molecular weight excluding hydrogens is 410 g/mol. The Morgan fingerprint density at radius 1 is 1.07 bits per heavy atom. The summed E-state index contributed by atoms with van der Waals surface area (Å²) in [6.45, 7) is 2.03. The summed E-state index contributed by atoms with van der Waals surface area (Å²) >= 11 is 5.93. The van der Waals surface area contributed by atoms with Gasteiger partial charge in [-0.15, -0.1) is 10.2 Å². The number of hydrogen-bond donors (Lipinski definition) is 2. The molecule has 2 aromatic carbocycles. The molecule has 1 heterocycles. The molecular formula is C21H20ClN3O5. The van der Waals surface area contributed by atoms with Crippen molar-refractivity contribution in [2.75, 3.05) is 6.61 Å². The van der Waals surface area contributed by atoms with Gasteiger partial charge < -0.3 is 14.9 Å². The number of azo groups is 1. The summed E-state index contributed by atoms with van der Waals surface area (Å²) in [6, 6.07) is 11.0. The molecule has 0 spiro atoms. The molecule has 0 aliphatic heterocycles. The number of rotatable bonds is 7. The number of amides is 2. The first kappa shape index (κ1) is 21.3. The van der Waals surface area contributed by atoms with Gasteiger partial charge in [-0.05, 0) is 36.8 Å². The zero-order chi connectivity index (χ0) is 21.7. The van der Waals surface area contributed by atoms with Crippen molar-refractivity contribution >= 4 is 34.2 Å². The number of ether oxygens (including phenoxy) is 1. The Hall–Kier alpha value is -3.39. The molecule has 0 radical (unpaired) electrons. The van der Waals surface area contributed by atoms with Gasteiger partial charge in [-0.25, -0.2) is 0 Å². The fraction of sp³-hybridized carbons (Fsp3) is 0.238. The second-order valence-electron chi connectivity index (χ2n) is 6.53. The zero-order valence-corrected chi connectivity index (χ0v) is 17.0. The maximum atomic E-state index is 12.3. The van der Waals surface area contributed by atoms with Gasteiger partial charge in [0.15, 0.2) is 6.61 Å². The van der Waals surface area contributed by atoms with Crippen molar-refractivity contribution in [1.82, 2.24) is 4.57 Å². The van der Waals surface area contributed by atoms with Gasteiger partial charge >= 0.3 is 5.91 Å². The van der Waals surface area contributed by atoms with Gasteiger partial charge in [0.1, 0.15) is 5.75 Å². The van der Waals surface area contributed by atoms with E-state index in [1.54, 1.807) is 24.3 Å². The highest BCUT2D eigenvalue weighted by atomic mass is 35.5. The van der Waals surface area contributed by atoms with E-state index in [2.05, 4.69) is 10.2 Å². The zero-order valence-electron chi connectivity index (χ0n) is 16.2. The molecule has 2 amide bonds. The quantitative estimate of drug-likeness (QED) is 0.528. The summed E-state index contributed by atoms with van der Waals surface area (Å²) in [6.07, 6.45) is 1.67. The number of hydrogen-bond acceptors (Lipinski definition) is 5. The van der Waals surface area contributed by atoms with Crippen LogP contribution in [0.3, 0.4) is 0 Å². The maximum Gasteiger partial charge on any atom is 0.302 e. The number of nitrogens with zero attached hydrogens (tertiary/aromatic N) is 3. The van der Waals surface area contributed by atoms with E-state index in [1.165, 1.54) is 22.8 Å². The molecule has 0 atom stereocenters. The highest BCUT2D eigenvalue weighted by molar-refractivity contribution is 6.32. The van der Waals surface area contributed by atoms with Crippen LogP contribution in [0.25, 0.3) is 10.8 Å². The van der Waals surface area contributed by atoms with Gasteiger partial charge in [-0.1, -0.05) is 37.1 Å². The number of fused-ring (bicyclic) bond motifs is 1. The summed E-state index contributed by atoms with van der Waals surface area (Å²) in [5, 5.41) is 28.5. The SMILES string of the molecule is CCCCn1c(O)c2ccc(C(=O)N=NC(=O)COc3ccccc3Cl)cc2c1O. The molecule has 30 heavy (non-hydrogen) atoms. The van der Waals surface area contributed by atoms with E-state index in [0.29, 0.717) is 28.1 Å². The van der Waals surface area contributed by atoms with Crippen molar-refractivity contribution in [2.24, 2.45) is 10.2 Å². The molecule has 9 heteroatoms. The summed E-state index contributed by atoms with van der Waals surface area (Å²) in [7, 11) is 0. The van der Waals surface area contributed by atoms with Crippen LogP contribution in [0.15, 0.2) is 52.7 Å². The second-order valence-corrected chi connectivity index (χ2v) is 6.94. The molecule has 3 rings (SSSR count). The minimum atomic E-state index is -0.761. The van der Waals surface area contributed by atoms with Gasteiger partial charge in [0.05, 0.1) is 5.02 Å².